The molecule has 0 saturated heterocycles. The van der Waals surface area contributed by atoms with E-state index in [1.807, 2.05) is 12.1 Å². The molecule has 0 bridgehead atoms. The minimum Gasteiger partial charge on any atom is -0.494 e. The summed E-state index contributed by atoms with van der Waals surface area (Å²) in [5.74, 6) is 1.60. The summed E-state index contributed by atoms with van der Waals surface area (Å²) in [6.45, 7) is 11.3. The topological polar surface area (TPSA) is 33.3 Å². The highest BCUT2D eigenvalue weighted by molar-refractivity contribution is 5.57. The van der Waals surface area contributed by atoms with Gasteiger partial charge in [0.15, 0.2) is 0 Å². The Bertz CT molecular complexity index is 652. The van der Waals surface area contributed by atoms with Crippen molar-refractivity contribution in [2.24, 2.45) is 5.92 Å². The lowest BCUT2D eigenvalue weighted by atomic mass is 10.1. The molecule has 136 valence electrons. The molecular formula is C22H32N2O. The molecule has 0 atom stereocenters. The molecule has 0 fully saturated rings. The van der Waals surface area contributed by atoms with Crippen molar-refractivity contribution in [3.63, 3.8) is 0 Å². The van der Waals surface area contributed by atoms with Gasteiger partial charge >= 0.3 is 0 Å². The highest BCUT2D eigenvalue weighted by atomic mass is 16.5. The molecule has 3 nitrogen and oxygen atoms in total. The summed E-state index contributed by atoms with van der Waals surface area (Å²) in [5.41, 5.74) is 5.06. The fraction of sp³-hybridized carbons (Fsp3) is 0.455. The molecule has 2 aromatic carbocycles. The van der Waals surface area contributed by atoms with Gasteiger partial charge in [-0.2, -0.15) is 0 Å². The number of benzene rings is 2. The molecule has 0 aliphatic rings. The average Bonchev–Trinajstić information content (AvgIpc) is 2.59. The Morgan fingerprint density at radius 2 is 1.76 bits per heavy atom. The van der Waals surface area contributed by atoms with Crippen LogP contribution >= 0.6 is 0 Å². The molecule has 0 aromatic heterocycles. The zero-order valence-corrected chi connectivity index (χ0v) is 16.1. The van der Waals surface area contributed by atoms with Crippen LogP contribution in [0.4, 0.5) is 11.4 Å². The van der Waals surface area contributed by atoms with Crippen molar-refractivity contribution in [3.05, 3.63) is 53.6 Å². The molecule has 0 unspecified atom stereocenters. The van der Waals surface area contributed by atoms with E-state index in [0.29, 0.717) is 5.92 Å². The molecule has 0 aliphatic heterocycles. The van der Waals surface area contributed by atoms with Gasteiger partial charge in [-0.05, 0) is 48.9 Å². The first-order valence-electron chi connectivity index (χ1n) is 9.39. The van der Waals surface area contributed by atoms with Crippen molar-refractivity contribution in [1.82, 2.24) is 0 Å². The van der Waals surface area contributed by atoms with E-state index in [-0.39, 0.29) is 0 Å². The second-order valence-electron chi connectivity index (χ2n) is 6.87. The second kappa shape index (κ2) is 9.97. The Kier molecular flexibility index (Phi) is 7.65. The van der Waals surface area contributed by atoms with E-state index in [1.54, 1.807) is 0 Å². The van der Waals surface area contributed by atoms with Crippen LogP contribution in [-0.2, 0) is 6.42 Å². The predicted octanol–water partition coefficient (Wildman–Crippen LogP) is 5.51. The van der Waals surface area contributed by atoms with Crippen LogP contribution in [0.3, 0.4) is 0 Å². The SMILES string of the molecule is CCc1cccc(C)c1NCCNc1cccc(OCCC(C)C)c1. The van der Waals surface area contributed by atoms with Crippen LogP contribution in [0.25, 0.3) is 0 Å². The van der Waals surface area contributed by atoms with Gasteiger partial charge in [0.1, 0.15) is 5.75 Å². The molecule has 0 radical (unpaired) electrons. The lowest BCUT2D eigenvalue weighted by molar-refractivity contribution is 0.289. The quantitative estimate of drug-likeness (QED) is 0.560. The number of hydrogen-bond acceptors (Lipinski definition) is 3. The third-order valence-electron chi connectivity index (χ3n) is 4.29. The Balaban J connectivity index is 1.80. The monoisotopic (exact) mass is 340 g/mol. The third kappa shape index (κ3) is 6.33. The van der Waals surface area contributed by atoms with Crippen LogP contribution in [0.5, 0.6) is 5.75 Å². The van der Waals surface area contributed by atoms with Crippen molar-refractivity contribution in [2.45, 2.75) is 40.5 Å². The number of para-hydroxylation sites is 1. The summed E-state index contributed by atoms with van der Waals surface area (Å²) >= 11 is 0. The predicted molar refractivity (Wildman–Crippen MR) is 109 cm³/mol. The smallest absolute Gasteiger partial charge is 0.121 e. The molecule has 3 heteroatoms. The molecule has 2 aromatic rings. The molecule has 2 rings (SSSR count). The van der Waals surface area contributed by atoms with Gasteiger partial charge in [0, 0.05) is 30.5 Å². The van der Waals surface area contributed by atoms with Gasteiger partial charge < -0.3 is 15.4 Å². The minimum absolute atomic E-state index is 0.668. The molecule has 0 saturated carbocycles. The van der Waals surface area contributed by atoms with Gasteiger partial charge in [-0.1, -0.05) is 45.0 Å². The van der Waals surface area contributed by atoms with Crippen molar-refractivity contribution < 1.29 is 4.74 Å². The zero-order chi connectivity index (χ0) is 18.1. The van der Waals surface area contributed by atoms with Gasteiger partial charge in [0.2, 0.25) is 0 Å². The largest absolute Gasteiger partial charge is 0.494 e. The Hall–Kier alpha value is -2.16. The van der Waals surface area contributed by atoms with Crippen molar-refractivity contribution in [1.29, 1.82) is 0 Å². The minimum atomic E-state index is 0.668. The number of nitrogens with one attached hydrogen (secondary N) is 2. The molecule has 0 heterocycles. The molecule has 0 aliphatic carbocycles. The first kappa shape index (κ1) is 19.2. The lowest BCUT2D eigenvalue weighted by Crippen LogP contribution is -2.15. The summed E-state index contributed by atoms with van der Waals surface area (Å²) in [5, 5.41) is 7.04. The standard InChI is InChI=1S/C22H32N2O/c1-5-19-9-6-8-18(4)22(19)24-14-13-23-20-10-7-11-21(16-20)25-15-12-17(2)3/h6-11,16-17,23-24H,5,12-15H2,1-4H3. The summed E-state index contributed by atoms with van der Waals surface area (Å²) in [4.78, 5) is 0. The summed E-state index contributed by atoms with van der Waals surface area (Å²) < 4.78 is 5.82. The van der Waals surface area contributed by atoms with Crippen LogP contribution in [-0.4, -0.2) is 19.7 Å². The van der Waals surface area contributed by atoms with Crippen LogP contribution in [0.1, 0.15) is 38.3 Å². The average molecular weight is 341 g/mol. The van der Waals surface area contributed by atoms with Crippen LogP contribution in [0.15, 0.2) is 42.5 Å². The molecule has 25 heavy (non-hydrogen) atoms. The molecule has 2 N–H and O–H groups in total. The molecule has 0 amide bonds. The van der Waals surface area contributed by atoms with Crippen molar-refractivity contribution >= 4 is 11.4 Å². The van der Waals surface area contributed by atoms with Gasteiger partial charge in [-0.3, -0.25) is 0 Å². The summed E-state index contributed by atoms with van der Waals surface area (Å²) in [6, 6.07) is 14.7. The van der Waals surface area contributed by atoms with Gasteiger partial charge in [0.25, 0.3) is 0 Å². The number of ether oxygens (including phenoxy) is 1. The normalized spacial score (nSPS) is 10.8. The Morgan fingerprint density at radius 3 is 2.52 bits per heavy atom. The summed E-state index contributed by atoms with van der Waals surface area (Å²) in [6.07, 6.45) is 2.13. The van der Waals surface area contributed by atoms with E-state index in [9.17, 15) is 0 Å². The number of hydrogen-bond donors (Lipinski definition) is 2. The van der Waals surface area contributed by atoms with E-state index in [1.165, 1.54) is 16.8 Å². The molecule has 0 spiro atoms. The van der Waals surface area contributed by atoms with Crippen molar-refractivity contribution in [3.8, 4) is 5.75 Å². The highest BCUT2D eigenvalue weighted by Gasteiger charge is 2.03. The number of rotatable bonds is 10. The maximum absolute atomic E-state index is 5.82. The van der Waals surface area contributed by atoms with Gasteiger partial charge in [-0.15, -0.1) is 0 Å². The fourth-order valence-corrected chi connectivity index (χ4v) is 2.78. The van der Waals surface area contributed by atoms with Crippen LogP contribution in [0, 0.1) is 12.8 Å². The van der Waals surface area contributed by atoms with E-state index in [2.05, 4.69) is 68.7 Å². The number of anilines is 2. The van der Waals surface area contributed by atoms with E-state index in [4.69, 9.17) is 4.74 Å². The lowest BCUT2D eigenvalue weighted by Gasteiger charge is -2.15. The second-order valence-corrected chi connectivity index (χ2v) is 6.87. The first-order valence-corrected chi connectivity index (χ1v) is 9.39. The maximum atomic E-state index is 5.82. The van der Waals surface area contributed by atoms with Crippen LogP contribution < -0.4 is 15.4 Å². The third-order valence-corrected chi connectivity index (χ3v) is 4.29. The van der Waals surface area contributed by atoms with Crippen LogP contribution in [0.2, 0.25) is 0 Å². The Labute approximate surface area is 152 Å². The van der Waals surface area contributed by atoms with E-state index < -0.39 is 0 Å². The fourth-order valence-electron chi connectivity index (χ4n) is 2.78. The van der Waals surface area contributed by atoms with Gasteiger partial charge in [-0.25, -0.2) is 0 Å². The highest BCUT2D eigenvalue weighted by Crippen LogP contribution is 2.21. The molecular weight excluding hydrogens is 308 g/mol. The van der Waals surface area contributed by atoms with Gasteiger partial charge in [0.05, 0.1) is 6.61 Å². The van der Waals surface area contributed by atoms with E-state index in [0.717, 1.165) is 44.0 Å². The van der Waals surface area contributed by atoms with E-state index >= 15 is 0 Å². The Morgan fingerprint density at radius 1 is 1.00 bits per heavy atom. The van der Waals surface area contributed by atoms with Crippen molar-refractivity contribution in [2.75, 3.05) is 30.3 Å². The first-order chi connectivity index (χ1) is 12.1. The summed E-state index contributed by atoms with van der Waals surface area (Å²) in [7, 11) is 0. The maximum Gasteiger partial charge on any atom is 0.121 e. The number of aryl methyl sites for hydroxylation is 2. The zero-order valence-electron chi connectivity index (χ0n) is 16.1.